The first-order valence-corrected chi connectivity index (χ1v) is 10.5. The molecule has 2 aliphatic rings. The third-order valence-electron chi connectivity index (χ3n) is 6.00. The normalized spacial score (nSPS) is 17.9. The fourth-order valence-electron chi connectivity index (χ4n) is 4.37. The molecular weight excluding hydrogens is 437 g/mol. The fraction of sp³-hybridized carbons (Fsp3) is 0.120. The Kier molecular flexibility index (Phi) is 4.44. The Morgan fingerprint density at radius 2 is 1.85 bits per heavy atom. The second-order valence-corrected chi connectivity index (χ2v) is 7.91. The van der Waals surface area contributed by atoms with Crippen LogP contribution in [-0.2, 0) is 10.3 Å². The minimum absolute atomic E-state index is 0.0701. The highest BCUT2D eigenvalue weighted by Crippen LogP contribution is 2.52. The van der Waals surface area contributed by atoms with Crippen LogP contribution in [0.3, 0.4) is 0 Å². The summed E-state index contributed by atoms with van der Waals surface area (Å²) in [4.78, 5) is 17.2. The van der Waals surface area contributed by atoms with Crippen molar-refractivity contribution >= 4 is 6.02 Å². The maximum Gasteiger partial charge on any atom is 0.283 e. The number of ether oxygens (including phenoxy) is 3. The number of pyridine rings is 3. The molecule has 4 aromatic rings. The molecule has 2 N–H and O–H groups in total. The van der Waals surface area contributed by atoms with Gasteiger partial charge in [-0.2, -0.15) is 4.39 Å². The van der Waals surface area contributed by atoms with Gasteiger partial charge in [0.2, 0.25) is 11.8 Å². The Morgan fingerprint density at radius 1 is 0.971 bits per heavy atom. The first kappa shape index (κ1) is 20.1. The highest BCUT2D eigenvalue weighted by Gasteiger charge is 2.47. The van der Waals surface area contributed by atoms with E-state index in [-0.39, 0.29) is 12.6 Å². The predicted molar refractivity (Wildman–Crippen MR) is 122 cm³/mol. The summed E-state index contributed by atoms with van der Waals surface area (Å²) < 4.78 is 31.5. The van der Waals surface area contributed by atoms with Gasteiger partial charge < -0.3 is 19.9 Å². The summed E-state index contributed by atoms with van der Waals surface area (Å²) in [7, 11) is 1.56. The number of aliphatic imine (C=N–C) groups is 1. The van der Waals surface area contributed by atoms with Crippen molar-refractivity contribution in [3.63, 3.8) is 0 Å². The molecule has 0 fully saturated rings. The first-order chi connectivity index (χ1) is 16.6. The number of nitrogens with two attached hydrogens (primary N) is 1. The van der Waals surface area contributed by atoms with Gasteiger partial charge in [0, 0.05) is 40.7 Å². The van der Waals surface area contributed by atoms with E-state index in [4.69, 9.17) is 24.9 Å². The fourth-order valence-corrected chi connectivity index (χ4v) is 4.37. The van der Waals surface area contributed by atoms with Gasteiger partial charge in [-0.1, -0.05) is 6.07 Å². The average molecular weight is 455 g/mol. The van der Waals surface area contributed by atoms with Crippen molar-refractivity contribution in [3.8, 4) is 39.8 Å². The number of methoxy groups -OCH3 is 1. The van der Waals surface area contributed by atoms with E-state index in [0.29, 0.717) is 39.8 Å². The van der Waals surface area contributed by atoms with E-state index in [1.807, 2.05) is 18.2 Å². The summed E-state index contributed by atoms with van der Waals surface area (Å²) in [6, 6.07) is 14.4. The summed E-state index contributed by atoms with van der Waals surface area (Å²) in [6.45, 7) is 0.171. The topological polar surface area (TPSA) is 105 Å². The molecule has 1 atom stereocenters. The number of aromatic nitrogens is 3. The van der Waals surface area contributed by atoms with Crippen LogP contribution in [0.4, 0.5) is 4.39 Å². The summed E-state index contributed by atoms with van der Waals surface area (Å²) in [5.41, 5.74) is 8.99. The van der Waals surface area contributed by atoms with Crippen molar-refractivity contribution in [1.29, 1.82) is 0 Å². The Balaban J connectivity index is 1.54. The van der Waals surface area contributed by atoms with Crippen LogP contribution in [0.1, 0.15) is 11.1 Å². The third kappa shape index (κ3) is 3.05. The van der Waals surface area contributed by atoms with Gasteiger partial charge in [-0.05, 0) is 42.0 Å². The minimum atomic E-state index is -0.976. The number of hydrogen-bond acceptors (Lipinski definition) is 8. The zero-order valence-electron chi connectivity index (χ0n) is 18.0. The van der Waals surface area contributed by atoms with Gasteiger partial charge in [0.15, 0.2) is 11.3 Å². The van der Waals surface area contributed by atoms with E-state index in [9.17, 15) is 4.39 Å². The third-order valence-corrected chi connectivity index (χ3v) is 6.00. The van der Waals surface area contributed by atoms with E-state index in [0.717, 1.165) is 11.1 Å². The number of rotatable bonds is 3. The van der Waals surface area contributed by atoms with E-state index in [2.05, 4.69) is 15.0 Å². The number of halogens is 1. The van der Waals surface area contributed by atoms with Crippen molar-refractivity contribution < 1.29 is 18.6 Å². The molecule has 8 nitrogen and oxygen atoms in total. The minimum Gasteiger partial charge on any atom is -0.481 e. The van der Waals surface area contributed by atoms with Crippen molar-refractivity contribution in [3.05, 3.63) is 84.2 Å². The maximum atomic E-state index is 14.4. The lowest BCUT2D eigenvalue weighted by molar-refractivity contribution is 0.264. The van der Waals surface area contributed by atoms with Crippen LogP contribution in [0.2, 0.25) is 0 Å². The van der Waals surface area contributed by atoms with Crippen LogP contribution < -0.4 is 15.2 Å². The van der Waals surface area contributed by atoms with Crippen LogP contribution >= 0.6 is 0 Å². The molecule has 5 heterocycles. The molecule has 168 valence electrons. The molecule has 0 aliphatic carbocycles. The van der Waals surface area contributed by atoms with Gasteiger partial charge in [-0.15, -0.1) is 0 Å². The number of amidine groups is 1. The van der Waals surface area contributed by atoms with Gasteiger partial charge in [0.05, 0.1) is 19.0 Å². The highest BCUT2D eigenvalue weighted by molar-refractivity contribution is 5.78. The summed E-state index contributed by atoms with van der Waals surface area (Å²) >= 11 is 0. The van der Waals surface area contributed by atoms with Crippen molar-refractivity contribution in [2.24, 2.45) is 10.7 Å². The van der Waals surface area contributed by atoms with E-state index < -0.39 is 11.5 Å². The van der Waals surface area contributed by atoms with Crippen molar-refractivity contribution in [1.82, 2.24) is 15.0 Å². The monoisotopic (exact) mass is 455 g/mol. The number of fused-ring (bicyclic) bond motifs is 4. The molecule has 0 amide bonds. The van der Waals surface area contributed by atoms with Crippen LogP contribution in [0.5, 0.6) is 17.4 Å². The van der Waals surface area contributed by atoms with E-state index in [1.165, 1.54) is 6.20 Å². The lowest BCUT2D eigenvalue weighted by Crippen LogP contribution is -2.31. The summed E-state index contributed by atoms with van der Waals surface area (Å²) in [5.74, 6) is 1.03. The van der Waals surface area contributed by atoms with Crippen LogP contribution in [0.25, 0.3) is 22.4 Å². The Labute approximate surface area is 193 Å². The molecule has 0 bridgehead atoms. The van der Waals surface area contributed by atoms with E-state index >= 15 is 0 Å². The molecular formula is C25H18FN5O3. The zero-order chi connectivity index (χ0) is 23.3. The standard InChI is InChI=1S/C25H18FN5O3/c1-32-22-10-15(6-8-28-22)19-11-18-21(12-30-19)34-20-5-4-14(16-3-2-7-29-23(16)26)9-17(20)25(18)13-33-24(27)31-25/h2-12H,13H2,1H3,(H2,27,31)/t25-/m0/s1. The number of benzene rings is 1. The van der Waals surface area contributed by atoms with Crippen molar-refractivity contribution in [2.75, 3.05) is 13.7 Å². The highest BCUT2D eigenvalue weighted by atomic mass is 19.1. The van der Waals surface area contributed by atoms with Crippen LogP contribution in [0, 0.1) is 5.95 Å². The lowest BCUT2D eigenvalue weighted by atomic mass is 9.80. The SMILES string of the molecule is COc1cc(-c2cc3c(cn2)Oc2ccc(-c4cccnc4F)cc2[C@@]32COC(N)=N2)ccn1. The maximum absolute atomic E-state index is 14.4. The molecule has 1 aromatic carbocycles. The molecule has 9 heteroatoms. The molecule has 3 aromatic heterocycles. The smallest absolute Gasteiger partial charge is 0.283 e. The Hall–Kier alpha value is -4.53. The predicted octanol–water partition coefficient (Wildman–Crippen LogP) is 4.05. The largest absolute Gasteiger partial charge is 0.481 e. The summed E-state index contributed by atoms with van der Waals surface area (Å²) in [6.07, 6.45) is 4.72. The van der Waals surface area contributed by atoms with Gasteiger partial charge in [0.1, 0.15) is 12.4 Å². The van der Waals surface area contributed by atoms with Gasteiger partial charge in [-0.25, -0.2) is 15.0 Å². The van der Waals surface area contributed by atoms with Gasteiger partial charge in [-0.3, -0.25) is 4.98 Å². The first-order valence-electron chi connectivity index (χ1n) is 10.5. The van der Waals surface area contributed by atoms with Gasteiger partial charge >= 0.3 is 0 Å². The number of hydrogen-bond donors (Lipinski definition) is 1. The Bertz CT molecular complexity index is 1470. The average Bonchev–Trinajstić information content (AvgIpc) is 3.26. The van der Waals surface area contributed by atoms with E-state index in [1.54, 1.807) is 49.8 Å². The molecule has 2 aliphatic heterocycles. The second kappa shape index (κ2) is 7.51. The molecule has 0 unspecified atom stereocenters. The van der Waals surface area contributed by atoms with Crippen molar-refractivity contribution in [2.45, 2.75) is 5.54 Å². The lowest BCUT2D eigenvalue weighted by Gasteiger charge is -2.33. The molecule has 1 spiro atoms. The van der Waals surface area contributed by atoms with Crippen LogP contribution in [0.15, 0.2) is 72.1 Å². The van der Waals surface area contributed by atoms with Crippen LogP contribution in [-0.4, -0.2) is 34.7 Å². The summed E-state index contributed by atoms with van der Waals surface area (Å²) in [5, 5.41) is 0. The quantitative estimate of drug-likeness (QED) is 0.465. The molecule has 0 radical (unpaired) electrons. The second-order valence-electron chi connectivity index (χ2n) is 7.91. The Morgan fingerprint density at radius 3 is 2.65 bits per heavy atom. The molecule has 34 heavy (non-hydrogen) atoms. The molecule has 6 rings (SSSR count). The zero-order valence-corrected chi connectivity index (χ0v) is 18.0. The molecule has 0 saturated heterocycles. The van der Waals surface area contributed by atoms with Gasteiger partial charge in [0.25, 0.3) is 6.02 Å². The molecule has 0 saturated carbocycles. The number of nitrogens with zero attached hydrogens (tertiary/aromatic N) is 4.